The van der Waals surface area contributed by atoms with Crippen molar-refractivity contribution in [3.05, 3.63) is 29.3 Å². The van der Waals surface area contributed by atoms with Crippen molar-refractivity contribution < 1.29 is 23.9 Å². The molecule has 27 heavy (non-hydrogen) atoms. The topological polar surface area (TPSA) is 117 Å². The van der Waals surface area contributed by atoms with Crippen LogP contribution in [0.4, 0.5) is 5.69 Å². The van der Waals surface area contributed by atoms with Gasteiger partial charge in [-0.25, -0.2) is 0 Å². The van der Waals surface area contributed by atoms with Gasteiger partial charge in [0.25, 0.3) is 11.8 Å². The molecule has 3 N–H and O–H groups in total. The van der Waals surface area contributed by atoms with Gasteiger partial charge in [0.2, 0.25) is 11.8 Å². The summed E-state index contributed by atoms with van der Waals surface area (Å²) in [6.45, 7) is 2.74. The van der Waals surface area contributed by atoms with Crippen LogP contribution in [0.15, 0.2) is 18.2 Å². The van der Waals surface area contributed by atoms with Crippen molar-refractivity contribution in [2.45, 2.75) is 18.9 Å². The third kappa shape index (κ3) is 3.99. The van der Waals surface area contributed by atoms with Crippen LogP contribution in [0.5, 0.6) is 0 Å². The second kappa shape index (κ2) is 8.28. The second-order valence-corrected chi connectivity index (χ2v) is 6.38. The van der Waals surface area contributed by atoms with Gasteiger partial charge in [0.05, 0.1) is 17.7 Å². The van der Waals surface area contributed by atoms with Gasteiger partial charge in [0, 0.05) is 38.9 Å². The number of hydrogen-bond acceptors (Lipinski definition) is 7. The predicted molar refractivity (Wildman–Crippen MR) is 96.3 cm³/mol. The van der Waals surface area contributed by atoms with Crippen LogP contribution in [-0.4, -0.2) is 67.9 Å². The first-order valence-electron chi connectivity index (χ1n) is 8.82. The highest BCUT2D eigenvalue weighted by atomic mass is 16.5. The molecule has 0 aromatic heterocycles. The van der Waals surface area contributed by atoms with Crippen molar-refractivity contribution in [1.82, 2.24) is 15.5 Å². The zero-order valence-electron chi connectivity index (χ0n) is 15.0. The van der Waals surface area contributed by atoms with E-state index < -0.39 is 29.7 Å². The average Bonchev–Trinajstić information content (AvgIpc) is 2.89. The van der Waals surface area contributed by atoms with Crippen molar-refractivity contribution in [2.75, 3.05) is 38.7 Å². The maximum absolute atomic E-state index is 12.7. The first kappa shape index (κ1) is 19.0. The molecule has 2 aliphatic heterocycles. The lowest BCUT2D eigenvalue weighted by atomic mass is 10.0. The molecule has 3 rings (SSSR count). The molecule has 0 spiro atoms. The molecular weight excluding hydrogens is 352 g/mol. The highest BCUT2D eigenvalue weighted by molar-refractivity contribution is 6.23. The van der Waals surface area contributed by atoms with E-state index in [1.54, 1.807) is 25.3 Å². The van der Waals surface area contributed by atoms with Gasteiger partial charge in [-0.05, 0) is 24.6 Å². The molecule has 9 heteroatoms. The van der Waals surface area contributed by atoms with E-state index in [2.05, 4.69) is 16.0 Å². The lowest BCUT2D eigenvalue weighted by Crippen LogP contribution is -2.54. The third-order valence-corrected chi connectivity index (χ3v) is 4.55. The maximum atomic E-state index is 12.7. The van der Waals surface area contributed by atoms with E-state index in [1.807, 2.05) is 0 Å². The number of imide groups is 2. The zero-order valence-corrected chi connectivity index (χ0v) is 15.0. The summed E-state index contributed by atoms with van der Waals surface area (Å²) in [4.78, 5) is 49.6. The lowest BCUT2D eigenvalue weighted by Gasteiger charge is -2.27. The van der Waals surface area contributed by atoms with Gasteiger partial charge in [0.15, 0.2) is 0 Å². The van der Waals surface area contributed by atoms with Crippen LogP contribution in [-0.2, 0) is 14.3 Å². The monoisotopic (exact) mass is 374 g/mol. The first-order chi connectivity index (χ1) is 13.0. The van der Waals surface area contributed by atoms with Gasteiger partial charge in [-0.1, -0.05) is 0 Å². The van der Waals surface area contributed by atoms with Crippen LogP contribution in [0, 0.1) is 0 Å². The van der Waals surface area contributed by atoms with E-state index in [0.717, 1.165) is 18.0 Å². The fourth-order valence-electron chi connectivity index (χ4n) is 3.18. The molecular formula is C18H22N4O5. The molecule has 0 bridgehead atoms. The number of nitrogens with one attached hydrogen (secondary N) is 3. The minimum absolute atomic E-state index is 0.104. The molecule has 0 saturated carbocycles. The third-order valence-electron chi connectivity index (χ3n) is 4.55. The van der Waals surface area contributed by atoms with Gasteiger partial charge in [-0.15, -0.1) is 0 Å². The van der Waals surface area contributed by atoms with Gasteiger partial charge in [-0.3, -0.25) is 29.4 Å². The smallest absolute Gasteiger partial charge is 0.262 e. The average molecular weight is 374 g/mol. The number of fused-ring (bicyclic) bond motifs is 1. The number of hydrogen-bond donors (Lipinski definition) is 3. The molecule has 0 aliphatic carbocycles. The second-order valence-electron chi connectivity index (χ2n) is 6.38. The highest BCUT2D eigenvalue weighted by Gasteiger charge is 2.44. The first-order valence-corrected chi connectivity index (χ1v) is 8.82. The van der Waals surface area contributed by atoms with Crippen molar-refractivity contribution >= 4 is 29.3 Å². The van der Waals surface area contributed by atoms with E-state index >= 15 is 0 Å². The summed E-state index contributed by atoms with van der Waals surface area (Å²) in [5.41, 5.74) is 1.25. The number of anilines is 1. The summed E-state index contributed by atoms with van der Waals surface area (Å²) in [5.74, 6) is -2.01. The maximum Gasteiger partial charge on any atom is 0.262 e. The Morgan fingerprint density at radius 1 is 1.11 bits per heavy atom. The summed E-state index contributed by atoms with van der Waals surface area (Å²) in [7, 11) is 1.64. The van der Waals surface area contributed by atoms with Crippen molar-refractivity contribution in [1.29, 1.82) is 0 Å². The van der Waals surface area contributed by atoms with E-state index in [9.17, 15) is 19.2 Å². The molecule has 1 fully saturated rings. The molecule has 1 atom stereocenters. The normalized spacial score (nSPS) is 19.3. The van der Waals surface area contributed by atoms with Crippen LogP contribution >= 0.6 is 0 Å². The van der Waals surface area contributed by atoms with E-state index in [-0.39, 0.29) is 24.0 Å². The summed E-state index contributed by atoms with van der Waals surface area (Å²) in [6, 6.07) is 3.99. The number of ether oxygens (including phenoxy) is 1. The Kier molecular flexibility index (Phi) is 5.82. The minimum atomic E-state index is -0.948. The summed E-state index contributed by atoms with van der Waals surface area (Å²) in [6.07, 6.45) is 0.251. The molecule has 2 heterocycles. The number of nitrogens with zero attached hydrogens (tertiary/aromatic N) is 1. The number of methoxy groups -OCH3 is 1. The van der Waals surface area contributed by atoms with Gasteiger partial charge in [-0.2, -0.15) is 0 Å². The van der Waals surface area contributed by atoms with Gasteiger partial charge in [0.1, 0.15) is 6.04 Å². The molecule has 1 saturated heterocycles. The Morgan fingerprint density at radius 2 is 1.89 bits per heavy atom. The molecule has 0 radical (unpaired) electrons. The quantitative estimate of drug-likeness (QED) is 0.424. The Hall–Kier alpha value is -2.78. The Bertz CT molecular complexity index is 779. The summed E-state index contributed by atoms with van der Waals surface area (Å²) >= 11 is 0. The molecule has 4 amide bonds. The minimum Gasteiger partial charge on any atom is -0.384 e. The van der Waals surface area contributed by atoms with E-state index in [0.29, 0.717) is 18.8 Å². The van der Waals surface area contributed by atoms with Gasteiger partial charge < -0.3 is 15.4 Å². The summed E-state index contributed by atoms with van der Waals surface area (Å²) < 4.78 is 4.95. The Morgan fingerprint density at radius 3 is 2.63 bits per heavy atom. The fourth-order valence-corrected chi connectivity index (χ4v) is 3.18. The van der Waals surface area contributed by atoms with Crippen molar-refractivity contribution in [3.63, 3.8) is 0 Å². The standard InChI is InChI=1S/C18H22N4O5/c1-27-9-8-19-6-7-20-11-2-3-12-13(10-11)18(26)22(17(12)25)14-4-5-15(23)21-16(14)24/h2-3,10,14,19-20H,4-9H2,1H3,(H,21,23,24). The SMILES string of the molecule is COCCNCCNc1ccc2c(c1)C(=O)N(C1CCC(=O)NC1=O)C2=O. The van der Waals surface area contributed by atoms with Crippen LogP contribution < -0.4 is 16.0 Å². The van der Waals surface area contributed by atoms with Crippen LogP contribution in [0.25, 0.3) is 0 Å². The number of benzene rings is 1. The molecule has 9 nitrogen and oxygen atoms in total. The summed E-state index contributed by atoms with van der Waals surface area (Å²) in [5, 5.41) is 8.56. The lowest BCUT2D eigenvalue weighted by molar-refractivity contribution is -0.136. The number of amides is 4. The van der Waals surface area contributed by atoms with E-state index in [4.69, 9.17) is 4.74 Å². The van der Waals surface area contributed by atoms with Crippen molar-refractivity contribution in [2.24, 2.45) is 0 Å². The zero-order chi connectivity index (χ0) is 19.4. The largest absolute Gasteiger partial charge is 0.384 e. The fraction of sp³-hybridized carbons (Fsp3) is 0.444. The van der Waals surface area contributed by atoms with Gasteiger partial charge >= 0.3 is 0 Å². The van der Waals surface area contributed by atoms with Crippen molar-refractivity contribution in [3.8, 4) is 0 Å². The van der Waals surface area contributed by atoms with E-state index in [1.165, 1.54) is 0 Å². The predicted octanol–water partition coefficient (Wildman–Crippen LogP) is -0.264. The number of carbonyl (C=O) groups excluding carboxylic acids is 4. The number of carbonyl (C=O) groups is 4. The molecule has 1 aromatic carbocycles. The van der Waals surface area contributed by atoms with Crippen LogP contribution in [0.1, 0.15) is 33.6 Å². The molecule has 2 aliphatic rings. The van der Waals surface area contributed by atoms with Crippen LogP contribution in [0.3, 0.4) is 0 Å². The molecule has 144 valence electrons. The number of rotatable bonds is 8. The molecule has 1 unspecified atom stereocenters. The highest BCUT2D eigenvalue weighted by Crippen LogP contribution is 2.29. The molecule has 1 aromatic rings. The number of piperidine rings is 1. The van der Waals surface area contributed by atoms with Crippen LogP contribution in [0.2, 0.25) is 0 Å². The Labute approximate surface area is 156 Å². The Balaban J connectivity index is 1.66.